The molecule has 0 saturated carbocycles. The zero-order valence-electron chi connectivity index (χ0n) is 17.0. The Balaban J connectivity index is 2.47. The van der Waals surface area contributed by atoms with E-state index in [0.717, 1.165) is 10.5 Å². The van der Waals surface area contributed by atoms with Gasteiger partial charge in [0.15, 0.2) is 0 Å². The number of hydrogen-bond donors (Lipinski definition) is 1. The molecular weight excluding hydrogens is 380 g/mol. The van der Waals surface area contributed by atoms with Crippen LogP contribution in [0.1, 0.15) is 45.6 Å². The van der Waals surface area contributed by atoms with Crippen LogP contribution >= 0.6 is 0 Å². The van der Waals surface area contributed by atoms with Crippen molar-refractivity contribution >= 4 is 22.0 Å². The standard InChI is InChI=1S/C20H30N2O5S/c1-14(2)11-12-22(28(26,27)17-8-5-15(3)6-9-17)18-10-7-16(4)13-21(19(18)23)20(24)25/h5-6,8-9,14,16,18H,7,10-13H2,1-4H3,(H,24,25)/t16?,18-/m0/s1. The van der Waals surface area contributed by atoms with Crippen molar-refractivity contribution in [2.45, 2.75) is 57.9 Å². The number of hydrogen-bond acceptors (Lipinski definition) is 4. The van der Waals surface area contributed by atoms with E-state index in [9.17, 15) is 23.1 Å². The summed E-state index contributed by atoms with van der Waals surface area (Å²) < 4.78 is 28.0. The van der Waals surface area contributed by atoms with Crippen LogP contribution in [0.2, 0.25) is 0 Å². The van der Waals surface area contributed by atoms with Crippen LogP contribution in [0.3, 0.4) is 0 Å². The third-order valence-corrected chi connectivity index (χ3v) is 7.03. The topological polar surface area (TPSA) is 95.0 Å². The van der Waals surface area contributed by atoms with Crippen molar-refractivity contribution < 1.29 is 23.1 Å². The summed E-state index contributed by atoms with van der Waals surface area (Å²) in [5.74, 6) is -0.429. The Labute approximate surface area is 167 Å². The quantitative estimate of drug-likeness (QED) is 0.776. The lowest BCUT2D eigenvalue weighted by Crippen LogP contribution is -2.51. The van der Waals surface area contributed by atoms with E-state index in [-0.39, 0.29) is 29.8 Å². The lowest BCUT2D eigenvalue weighted by atomic mass is 10.0. The number of imide groups is 1. The van der Waals surface area contributed by atoms with Crippen molar-refractivity contribution in [2.24, 2.45) is 11.8 Å². The van der Waals surface area contributed by atoms with E-state index in [1.165, 1.54) is 16.4 Å². The number of carboxylic acid groups (broad SMARTS) is 1. The predicted octanol–water partition coefficient (Wildman–Crippen LogP) is 3.34. The van der Waals surface area contributed by atoms with Gasteiger partial charge in [0, 0.05) is 13.1 Å². The fourth-order valence-electron chi connectivity index (χ4n) is 3.35. The molecule has 8 heteroatoms. The van der Waals surface area contributed by atoms with Crippen molar-refractivity contribution in [2.75, 3.05) is 13.1 Å². The van der Waals surface area contributed by atoms with E-state index in [0.29, 0.717) is 19.3 Å². The Kier molecular flexibility index (Phi) is 7.22. The Morgan fingerprint density at radius 1 is 1.25 bits per heavy atom. The minimum absolute atomic E-state index is 0.0147. The van der Waals surface area contributed by atoms with E-state index in [2.05, 4.69) is 0 Å². The van der Waals surface area contributed by atoms with Gasteiger partial charge in [-0.15, -0.1) is 0 Å². The molecule has 2 rings (SSSR count). The Bertz CT molecular complexity index is 804. The SMILES string of the molecule is Cc1ccc(S(=O)(=O)N(CCC(C)C)[C@H]2CCC(C)CN(C(=O)O)C2=O)cc1. The Hall–Kier alpha value is -1.93. The summed E-state index contributed by atoms with van der Waals surface area (Å²) in [7, 11) is -3.94. The zero-order valence-corrected chi connectivity index (χ0v) is 17.8. The highest BCUT2D eigenvalue weighted by atomic mass is 32.2. The number of carbonyl (C=O) groups excluding carboxylic acids is 1. The molecule has 1 aromatic rings. The molecule has 0 bridgehead atoms. The fraction of sp³-hybridized carbons (Fsp3) is 0.600. The summed E-state index contributed by atoms with van der Waals surface area (Å²) in [6.07, 6.45) is 0.145. The predicted molar refractivity (Wildman–Crippen MR) is 106 cm³/mol. The van der Waals surface area contributed by atoms with Gasteiger partial charge in [-0.25, -0.2) is 18.1 Å². The summed E-state index contributed by atoms with van der Waals surface area (Å²) >= 11 is 0. The molecule has 1 fully saturated rings. The van der Waals surface area contributed by atoms with E-state index in [4.69, 9.17) is 0 Å². The van der Waals surface area contributed by atoms with Crippen LogP contribution in [0.5, 0.6) is 0 Å². The second-order valence-corrected chi connectivity index (χ2v) is 9.93. The third kappa shape index (κ3) is 5.11. The number of nitrogens with zero attached hydrogens (tertiary/aromatic N) is 2. The lowest BCUT2D eigenvalue weighted by Gasteiger charge is -2.31. The summed E-state index contributed by atoms with van der Waals surface area (Å²) in [6.45, 7) is 7.97. The number of aryl methyl sites for hydroxylation is 1. The minimum atomic E-state index is -3.94. The number of amides is 2. The molecule has 1 aliphatic heterocycles. The second-order valence-electron chi connectivity index (χ2n) is 8.04. The summed E-state index contributed by atoms with van der Waals surface area (Å²) in [5.41, 5.74) is 0.934. The highest BCUT2D eigenvalue weighted by Gasteiger charge is 2.41. The van der Waals surface area contributed by atoms with E-state index >= 15 is 0 Å². The molecule has 0 radical (unpaired) electrons. The number of likely N-dealkylation sites (tertiary alicyclic amines) is 1. The van der Waals surface area contributed by atoms with Gasteiger partial charge in [-0.05, 0) is 50.2 Å². The fourth-order valence-corrected chi connectivity index (χ4v) is 4.98. The number of carbonyl (C=O) groups is 2. The molecule has 1 saturated heterocycles. The maximum Gasteiger partial charge on any atom is 0.414 e. The molecule has 1 heterocycles. The first-order valence-electron chi connectivity index (χ1n) is 9.66. The van der Waals surface area contributed by atoms with Crippen LogP contribution in [0, 0.1) is 18.8 Å². The van der Waals surface area contributed by atoms with Crippen molar-refractivity contribution in [3.63, 3.8) is 0 Å². The van der Waals surface area contributed by atoms with Crippen LogP contribution in [0.25, 0.3) is 0 Å². The summed E-state index contributed by atoms with van der Waals surface area (Å²) in [6, 6.07) is 5.49. The first kappa shape index (κ1) is 22.4. The van der Waals surface area contributed by atoms with Crippen LogP contribution in [-0.4, -0.2) is 53.9 Å². The first-order chi connectivity index (χ1) is 13.0. The summed E-state index contributed by atoms with van der Waals surface area (Å²) in [5, 5.41) is 9.46. The monoisotopic (exact) mass is 410 g/mol. The van der Waals surface area contributed by atoms with Crippen LogP contribution in [0.4, 0.5) is 4.79 Å². The van der Waals surface area contributed by atoms with Gasteiger partial charge in [0.25, 0.3) is 0 Å². The third-order valence-electron chi connectivity index (χ3n) is 5.11. The van der Waals surface area contributed by atoms with E-state index in [1.54, 1.807) is 12.1 Å². The highest BCUT2D eigenvalue weighted by Crippen LogP contribution is 2.27. The van der Waals surface area contributed by atoms with Crippen LogP contribution in [-0.2, 0) is 14.8 Å². The van der Waals surface area contributed by atoms with Crippen molar-refractivity contribution in [3.05, 3.63) is 29.8 Å². The van der Waals surface area contributed by atoms with Gasteiger partial charge in [0.05, 0.1) is 4.90 Å². The zero-order chi connectivity index (χ0) is 21.1. The molecule has 1 N–H and O–H groups in total. The average molecular weight is 411 g/mol. The number of benzene rings is 1. The number of sulfonamides is 1. The molecule has 28 heavy (non-hydrogen) atoms. The average Bonchev–Trinajstić information content (AvgIpc) is 2.75. The Morgan fingerprint density at radius 2 is 1.86 bits per heavy atom. The molecule has 1 unspecified atom stereocenters. The minimum Gasteiger partial charge on any atom is -0.465 e. The van der Waals surface area contributed by atoms with Gasteiger partial charge in [-0.3, -0.25) is 4.79 Å². The lowest BCUT2D eigenvalue weighted by molar-refractivity contribution is -0.132. The van der Waals surface area contributed by atoms with Crippen LogP contribution < -0.4 is 0 Å². The van der Waals surface area contributed by atoms with E-state index < -0.39 is 28.1 Å². The summed E-state index contributed by atoms with van der Waals surface area (Å²) in [4.78, 5) is 25.5. The normalized spacial score (nSPS) is 21.2. The molecule has 0 aromatic heterocycles. The van der Waals surface area contributed by atoms with Crippen molar-refractivity contribution in [1.29, 1.82) is 0 Å². The molecule has 0 aliphatic carbocycles. The van der Waals surface area contributed by atoms with Gasteiger partial charge in [0.2, 0.25) is 15.9 Å². The van der Waals surface area contributed by atoms with Gasteiger partial charge < -0.3 is 5.11 Å². The highest BCUT2D eigenvalue weighted by molar-refractivity contribution is 7.89. The van der Waals surface area contributed by atoms with E-state index in [1.807, 2.05) is 27.7 Å². The molecule has 7 nitrogen and oxygen atoms in total. The van der Waals surface area contributed by atoms with Gasteiger partial charge in [0.1, 0.15) is 6.04 Å². The van der Waals surface area contributed by atoms with Gasteiger partial charge in [-0.2, -0.15) is 4.31 Å². The Morgan fingerprint density at radius 3 is 2.39 bits per heavy atom. The number of rotatable bonds is 6. The first-order valence-corrected chi connectivity index (χ1v) is 11.1. The molecular formula is C20H30N2O5S. The molecule has 1 aromatic carbocycles. The van der Waals surface area contributed by atoms with Crippen LogP contribution in [0.15, 0.2) is 29.2 Å². The molecule has 1 aliphatic rings. The molecule has 156 valence electrons. The van der Waals surface area contributed by atoms with Gasteiger partial charge >= 0.3 is 6.09 Å². The maximum atomic E-state index is 13.4. The maximum absolute atomic E-state index is 13.4. The smallest absolute Gasteiger partial charge is 0.414 e. The van der Waals surface area contributed by atoms with Crippen molar-refractivity contribution in [3.8, 4) is 0 Å². The molecule has 2 atom stereocenters. The molecule has 2 amide bonds. The molecule has 0 spiro atoms. The largest absolute Gasteiger partial charge is 0.465 e. The second kappa shape index (κ2) is 9.05. The van der Waals surface area contributed by atoms with Gasteiger partial charge in [-0.1, -0.05) is 38.5 Å². The van der Waals surface area contributed by atoms with Crippen molar-refractivity contribution in [1.82, 2.24) is 9.21 Å².